The number of amides is 3. The van der Waals surface area contributed by atoms with Gasteiger partial charge in [-0.05, 0) is 25.7 Å². The lowest BCUT2D eigenvalue weighted by molar-refractivity contribution is -0.141. The molecule has 132 valence electrons. The van der Waals surface area contributed by atoms with Gasteiger partial charge >= 0.3 is 6.03 Å². The summed E-state index contributed by atoms with van der Waals surface area (Å²) < 4.78 is 11.2. The second-order valence-electron chi connectivity index (χ2n) is 6.47. The van der Waals surface area contributed by atoms with Crippen LogP contribution in [0.3, 0.4) is 0 Å². The highest BCUT2D eigenvalue weighted by atomic mass is 16.5. The van der Waals surface area contributed by atoms with Gasteiger partial charge < -0.3 is 25.4 Å². The molecule has 2 unspecified atom stereocenters. The lowest BCUT2D eigenvalue weighted by Gasteiger charge is -2.33. The van der Waals surface area contributed by atoms with Crippen molar-refractivity contribution in [1.82, 2.24) is 10.2 Å². The molecule has 0 radical (unpaired) electrons. The van der Waals surface area contributed by atoms with Crippen molar-refractivity contribution in [2.75, 3.05) is 32.9 Å². The fourth-order valence-corrected chi connectivity index (χ4v) is 3.25. The summed E-state index contributed by atoms with van der Waals surface area (Å²) in [5, 5.41) is 2.55. The summed E-state index contributed by atoms with van der Waals surface area (Å²) in [6.07, 6.45) is 5.75. The molecule has 3 N–H and O–H groups in total. The molecule has 0 aromatic rings. The first-order valence-corrected chi connectivity index (χ1v) is 8.62. The number of carbonyl (C=O) groups is 2. The van der Waals surface area contributed by atoms with E-state index >= 15 is 0 Å². The second kappa shape index (κ2) is 9.08. The molecule has 1 aliphatic carbocycles. The third kappa shape index (κ3) is 5.66. The number of morpholine rings is 1. The summed E-state index contributed by atoms with van der Waals surface area (Å²) in [5.74, 6) is 0.405. The predicted molar refractivity (Wildman–Crippen MR) is 85.9 cm³/mol. The van der Waals surface area contributed by atoms with E-state index in [-0.39, 0.29) is 5.91 Å². The molecule has 1 saturated carbocycles. The van der Waals surface area contributed by atoms with Gasteiger partial charge in [-0.15, -0.1) is 0 Å². The third-order valence-electron chi connectivity index (χ3n) is 4.68. The summed E-state index contributed by atoms with van der Waals surface area (Å²) in [5.41, 5.74) is 5.24. The standard InChI is InChI=1S/C16H29N3O4/c1-12(23-11-13-5-3-2-4-6-13)14(18-16(17)21)15(20)19-7-9-22-10-8-19/h12-14H,2-11H2,1H3,(H3,17,18,21). The van der Waals surface area contributed by atoms with E-state index in [4.69, 9.17) is 15.2 Å². The summed E-state index contributed by atoms with van der Waals surface area (Å²) >= 11 is 0. The fraction of sp³-hybridized carbons (Fsp3) is 0.875. The van der Waals surface area contributed by atoms with E-state index in [2.05, 4.69) is 5.32 Å². The molecule has 7 heteroatoms. The molecule has 2 aliphatic rings. The molecule has 0 spiro atoms. The van der Waals surface area contributed by atoms with Crippen LogP contribution in [0.5, 0.6) is 0 Å². The molecule has 0 bridgehead atoms. The highest BCUT2D eigenvalue weighted by Gasteiger charge is 2.32. The number of primary amides is 1. The Hall–Kier alpha value is -1.34. The van der Waals surface area contributed by atoms with Gasteiger partial charge in [-0.3, -0.25) is 4.79 Å². The van der Waals surface area contributed by atoms with Crippen molar-refractivity contribution in [3.05, 3.63) is 0 Å². The van der Waals surface area contributed by atoms with Crippen LogP contribution >= 0.6 is 0 Å². The Morgan fingerprint density at radius 1 is 1.26 bits per heavy atom. The van der Waals surface area contributed by atoms with Crippen LogP contribution in [-0.4, -0.2) is 61.9 Å². The summed E-state index contributed by atoms with van der Waals surface area (Å²) in [7, 11) is 0. The average Bonchev–Trinajstić information content (AvgIpc) is 2.58. The van der Waals surface area contributed by atoms with Crippen molar-refractivity contribution in [3.63, 3.8) is 0 Å². The maximum atomic E-state index is 12.6. The first-order valence-electron chi connectivity index (χ1n) is 8.62. The number of urea groups is 1. The first-order chi connectivity index (χ1) is 11.1. The van der Waals surface area contributed by atoms with E-state index < -0.39 is 18.2 Å². The molecule has 0 aromatic carbocycles. The van der Waals surface area contributed by atoms with Crippen molar-refractivity contribution >= 4 is 11.9 Å². The smallest absolute Gasteiger partial charge is 0.312 e. The Bertz CT molecular complexity index is 393. The third-order valence-corrected chi connectivity index (χ3v) is 4.68. The monoisotopic (exact) mass is 327 g/mol. The summed E-state index contributed by atoms with van der Waals surface area (Å²) in [4.78, 5) is 25.6. The van der Waals surface area contributed by atoms with Crippen molar-refractivity contribution in [2.45, 2.75) is 51.2 Å². The van der Waals surface area contributed by atoms with E-state index in [9.17, 15) is 9.59 Å². The molecule has 1 aliphatic heterocycles. The maximum absolute atomic E-state index is 12.6. The van der Waals surface area contributed by atoms with Gasteiger partial charge in [0.2, 0.25) is 5.91 Å². The highest BCUT2D eigenvalue weighted by molar-refractivity contribution is 5.87. The zero-order chi connectivity index (χ0) is 16.7. The number of nitrogens with two attached hydrogens (primary N) is 1. The SMILES string of the molecule is CC(OCC1CCCCC1)C(NC(N)=O)C(=O)N1CCOCC1. The summed E-state index contributed by atoms with van der Waals surface area (Å²) in [6, 6.07) is -1.45. The number of hydrogen-bond acceptors (Lipinski definition) is 4. The number of nitrogens with one attached hydrogen (secondary N) is 1. The van der Waals surface area contributed by atoms with Crippen molar-refractivity contribution in [2.24, 2.45) is 11.7 Å². The van der Waals surface area contributed by atoms with Crippen LogP contribution in [0.25, 0.3) is 0 Å². The van der Waals surface area contributed by atoms with E-state index in [0.717, 1.165) is 0 Å². The molecule has 0 aromatic heterocycles. The largest absolute Gasteiger partial charge is 0.378 e. The van der Waals surface area contributed by atoms with Gasteiger partial charge in [-0.2, -0.15) is 0 Å². The van der Waals surface area contributed by atoms with E-state index in [1.165, 1.54) is 32.1 Å². The minimum Gasteiger partial charge on any atom is -0.378 e. The minimum atomic E-state index is -0.741. The van der Waals surface area contributed by atoms with Crippen LogP contribution in [0, 0.1) is 5.92 Å². The Kier molecular flexibility index (Phi) is 7.11. The van der Waals surface area contributed by atoms with E-state index in [0.29, 0.717) is 38.8 Å². The van der Waals surface area contributed by atoms with Gasteiger partial charge in [-0.1, -0.05) is 19.3 Å². The molecular weight excluding hydrogens is 298 g/mol. The van der Waals surface area contributed by atoms with Gasteiger partial charge in [-0.25, -0.2) is 4.79 Å². The quantitative estimate of drug-likeness (QED) is 0.757. The Morgan fingerprint density at radius 3 is 2.52 bits per heavy atom. The van der Waals surface area contributed by atoms with Gasteiger partial charge in [0.25, 0.3) is 0 Å². The van der Waals surface area contributed by atoms with Gasteiger partial charge in [0.05, 0.1) is 19.3 Å². The Labute approximate surface area is 137 Å². The maximum Gasteiger partial charge on any atom is 0.312 e. The fourth-order valence-electron chi connectivity index (χ4n) is 3.25. The zero-order valence-corrected chi connectivity index (χ0v) is 14.0. The van der Waals surface area contributed by atoms with Crippen LogP contribution < -0.4 is 11.1 Å². The molecule has 3 amide bonds. The molecule has 23 heavy (non-hydrogen) atoms. The number of rotatable bonds is 6. The van der Waals surface area contributed by atoms with Crippen LogP contribution in [0.4, 0.5) is 4.79 Å². The van der Waals surface area contributed by atoms with Gasteiger partial charge in [0.1, 0.15) is 6.04 Å². The number of ether oxygens (including phenoxy) is 2. The predicted octanol–water partition coefficient (Wildman–Crippen LogP) is 0.868. The Morgan fingerprint density at radius 2 is 1.91 bits per heavy atom. The van der Waals surface area contributed by atoms with Crippen LogP contribution in [-0.2, 0) is 14.3 Å². The molecule has 2 atom stereocenters. The van der Waals surface area contributed by atoms with Crippen LogP contribution in [0.15, 0.2) is 0 Å². The van der Waals surface area contributed by atoms with E-state index in [1.54, 1.807) is 4.90 Å². The topological polar surface area (TPSA) is 93.9 Å². The van der Waals surface area contributed by atoms with Crippen molar-refractivity contribution < 1.29 is 19.1 Å². The highest BCUT2D eigenvalue weighted by Crippen LogP contribution is 2.24. The molecule has 1 saturated heterocycles. The molecule has 2 rings (SSSR count). The lowest BCUT2D eigenvalue weighted by atomic mass is 9.90. The first kappa shape index (κ1) is 18.0. The van der Waals surface area contributed by atoms with Crippen LogP contribution in [0.1, 0.15) is 39.0 Å². The molecule has 2 fully saturated rings. The minimum absolute atomic E-state index is 0.150. The Balaban J connectivity index is 1.89. The van der Waals surface area contributed by atoms with Gasteiger partial charge in [0.15, 0.2) is 0 Å². The zero-order valence-electron chi connectivity index (χ0n) is 14.0. The van der Waals surface area contributed by atoms with Crippen molar-refractivity contribution in [1.29, 1.82) is 0 Å². The molecule has 1 heterocycles. The number of nitrogens with zero attached hydrogens (tertiary/aromatic N) is 1. The normalized spacial score (nSPS) is 22.4. The molecular formula is C16H29N3O4. The summed E-state index contributed by atoms with van der Waals surface area (Å²) in [6.45, 7) is 4.56. The average molecular weight is 327 g/mol. The van der Waals surface area contributed by atoms with Crippen molar-refractivity contribution in [3.8, 4) is 0 Å². The second-order valence-corrected chi connectivity index (χ2v) is 6.47. The number of carbonyl (C=O) groups excluding carboxylic acids is 2. The van der Waals surface area contributed by atoms with Gasteiger partial charge in [0, 0.05) is 19.7 Å². The lowest BCUT2D eigenvalue weighted by Crippen LogP contribution is -2.57. The van der Waals surface area contributed by atoms with Crippen LogP contribution in [0.2, 0.25) is 0 Å². The van der Waals surface area contributed by atoms with E-state index in [1.807, 2.05) is 6.92 Å². The number of hydrogen-bond donors (Lipinski definition) is 2. The molecule has 7 nitrogen and oxygen atoms in total.